The molecule has 0 fully saturated rings. The Morgan fingerprint density at radius 3 is 2.27 bits per heavy atom. The van der Waals surface area contributed by atoms with Crippen LogP contribution in [0.2, 0.25) is 0 Å². The van der Waals surface area contributed by atoms with E-state index in [0.29, 0.717) is 22.9 Å². The molecule has 0 spiro atoms. The molecule has 0 saturated carbocycles. The van der Waals surface area contributed by atoms with Crippen LogP contribution in [-0.2, 0) is 10.0 Å². The summed E-state index contributed by atoms with van der Waals surface area (Å²) in [4.78, 5) is 0.0846. The number of nitrogens with two attached hydrogens (primary N) is 1. The average Bonchev–Trinajstić information content (AvgIpc) is 2.49. The number of ether oxygens (including phenoxy) is 2. The first-order valence-electron chi connectivity index (χ1n) is 6.48. The summed E-state index contributed by atoms with van der Waals surface area (Å²) in [6.07, 6.45) is 0. The maximum absolute atomic E-state index is 12.5. The van der Waals surface area contributed by atoms with Crippen molar-refractivity contribution in [1.82, 2.24) is 0 Å². The highest BCUT2D eigenvalue weighted by Crippen LogP contribution is 2.30. The van der Waals surface area contributed by atoms with Gasteiger partial charge in [0.15, 0.2) is 11.5 Å². The summed E-state index contributed by atoms with van der Waals surface area (Å²) in [6, 6.07) is 9.38. The normalized spacial score (nSPS) is 11.0. The number of anilines is 2. The van der Waals surface area contributed by atoms with Crippen molar-refractivity contribution in [3.8, 4) is 11.5 Å². The lowest BCUT2D eigenvalue weighted by Gasteiger charge is -2.13. The van der Waals surface area contributed by atoms with Gasteiger partial charge in [0.1, 0.15) is 0 Å². The monoisotopic (exact) mass is 322 g/mol. The molecule has 22 heavy (non-hydrogen) atoms. The number of nitrogen functional groups attached to an aromatic ring is 1. The predicted octanol–water partition coefficient (Wildman–Crippen LogP) is 2.40. The van der Waals surface area contributed by atoms with Crippen LogP contribution in [0.1, 0.15) is 5.56 Å². The van der Waals surface area contributed by atoms with E-state index < -0.39 is 10.0 Å². The topological polar surface area (TPSA) is 90.7 Å². The van der Waals surface area contributed by atoms with Crippen LogP contribution in [0.4, 0.5) is 11.4 Å². The Hall–Kier alpha value is -2.41. The van der Waals surface area contributed by atoms with Crippen LogP contribution in [0.5, 0.6) is 11.5 Å². The maximum Gasteiger partial charge on any atom is 0.262 e. The fourth-order valence-electron chi connectivity index (χ4n) is 1.99. The molecule has 0 radical (unpaired) electrons. The van der Waals surface area contributed by atoms with Crippen LogP contribution in [0.25, 0.3) is 0 Å². The summed E-state index contributed by atoms with van der Waals surface area (Å²) >= 11 is 0. The Kier molecular flexibility index (Phi) is 4.46. The van der Waals surface area contributed by atoms with Crippen molar-refractivity contribution in [2.75, 3.05) is 24.7 Å². The molecule has 3 N–H and O–H groups in total. The van der Waals surface area contributed by atoms with Crippen molar-refractivity contribution in [2.45, 2.75) is 11.8 Å². The zero-order valence-corrected chi connectivity index (χ0v) is 13.4. The van der Waals surface area contributed by atoms with Gasteiger partial charge in [0.25, 0.3) is 10.0 Å². The number of benzene rings is 2. The zero-order valence-electron chi connectivity index (χ0n) is 12.6. The van der Waals surface area contributed by atoms with Gasteiger partial charge in [0.2, 0.25) is 0 Å². The SMILES string of the molecule is COc1ccc(S(=O)(=O)Nc2ccc(N)cc2C)cc1OC. The Morgan fingerprint density at radius 2 is 1.68 bits per heavy atom. The highest BCUT2D eigenvalue weighted by Gasteiger charge is 2.18. The second-order valence-electron chi connectivity index (χ2n) is 4.70. The first kappa shape index (κ1) is 16.0. The van der Waals surface area contributed by atoms with Gasteiger partial charge in [-0.1, -0.05) is 0 Å². The number of methoxy groups -OCH3 is 2. The smallest absolute Gasteiger partial charge is 0.262 e. The first-order chi connectivity index (χ1) is 10.4. The molecule has 0 atom stereocenters. The molecule has 0 saturated heterocycles. The van der Waals surface area contributed by atoms with Gasteiger partial charge in [-0.25, -0.2) is 8.42 Å². The van der Waals surface area contributed by atoms with Crippen molar-refractivity contribution in [3.05, 3.63) is 42.0 Å². The lowest BCUT2D eigenvalue weighted by Crippen LogP contribution is -2.14. The van der Waals surface area contributed by atoms with E-state index in [0.717, 1.165) is 5.56 Å². The summed E-state index contributed by atoms with van der Waals surface area (Å²) in [7, 11) is -0.794. The van der Waals surface area contributed by atoms with Crippen LogP contribution < -0.4 is 19.9 Å². The summed E-state index contributed by atoms with van der Waals surface area (Å²) in [5.74, 6) is 0.810. The maximum atomic E-state index is 12.5. The molecule has 0 aliphatic rings. The Balaban J connectivity index is 2.38. The van der Waals surface area contributed by atoms with E-state index in [9.17, 15) is 8.42 Å². The molecule has 0 aliphatic carbocycles. The third-order valence-corrected chi connectivity index (χ3v) is 4.52. The Morgan fingerprint density at radius 1 is 1.00 bits per heavy atom. The minimum Gasteiger partial charge on any atom is -0.493 e. The van der Waals surface area contributed by atoms with Gasteiger partial charge in [0.05, 0.1) is 24.8 Å². The zero-order chi connectivity index (χ0) is 16.3. The highest BCUT2D eigenvalue weighted by molar-refractivity contribution is 7.92. The van der Waals surface area contributed by atoms with E-state index >= 15 is 0 Å². The molecule has 7 heteroatoms. The molecule has 0 aromatic heterocycles. The fourth-order valence-corrected chi connectivity index (χ4v) is 3.13. The van der Waals surface area contributed by atoms with Crippen molar-refractivity contribution >= 4 is 21.4 Å². The molecule has 118 valence electrons. The summed E-state index contributed by atoms with van der Waals surface area (Å²) in [6.45, 7) is 1.78. The van der Waals surface area contributed by atoms with Gasteiger partial charge in [-0.05, 0) is 42.8 Å². The third kappa shape index (κ3) is 3.25. The standard InChI is InChI=1S/C15H18N2O4S/c1-10-8-11(16)4-6-13(10)17-22(18,19)12-5-7-14(20-2)15(9-12)21-3/h4-9,17H,16H2,1-3H3. The van der Waals surface area contributed by atoms with Gasteiger partial charge in [-0.15, -0.1) is 0 Å². The van der Waals surface area contributed by atoms with E-state index in [-0.39, 0.29) is 4.90 Å². The van der Waals surface area contributed by atoms with Crippen molar-refractivity contribution in [1.29, 1.82) is 0 Å². The molecular weight excluding hydrogens is 304 g/mol. The Bertz CT molecular complexity index is 788. The van der Waals surface area contributed by atoms with Gasteiger partial charge in [0, 0.05) is 11.8 Å². The van der Waals surface area contributed by atoms with E-state index in [1.54, 1.807) is 31.2 Å². The summed E-state index contributed by atoms with van der Waals surface area (Å²) in [5, 5.41) is 0. The van der Waals surface area contributed by atoms with Gasteiger partial charge in [-0.3, -0.25) is 4.72 Å². The molecule has 6 nitrogen and oxygen atoms in total. The second kappa shape index (κ2) is 6.15. The van der Waals surface area contributed by atoms with E-state index in [2.05, 4.69) is 4.72 Å². The first-order valence-corrected chi connectivity index (χ1v) is 7.96. The quantitative estimate of drug-likeness (QED) is 0.825. The molecule has 0 aliphatic heterocycles. The largest absolute Gasteiger partial charge is 0.493 e. The average molecular weight is 322 g/mol. The number of hydrogen-bond acceptors (Lipinski definition) is 5. The minimum atomic E-state index is -3.73. The Labute approximate surface area is 129 Å². The third-order valence-electron chi connectivity index (χ3n) is 3.16. The fraction of sp³-hybridized carbons (Fsp3) is 0.200. The molecule has 0 bridgehead atoms. The van der Waals surface area contributed by atoms with E-state index in [1.165, 1.54) is 26.4 Å². The molecule has 2 rings (SSSR count). The van der Waals surface area contributed by atoms with Crippen LogP contribution in [0.15, 0.2) is 41.3 Å². The van der Waals surface area contributed by atoms with Gasteiger partial charge < -0.3 is 15.2 Å². The predicted molar refractivity (Wildman–Crippen MR) is 85.9 cm³/mol. The van der Waals surface area contributed by atoms with Gasteiger partial charge >= 0.3 is 0 Å². The summed E-state index contributed by atoms with van der Waals surface area (Å²) in [5.41, 5.74) is 7.46. The number of sulfonamides is 1. The lowest BCUT2D eigenvalue weighted by molar-refractivity contribution is 0.354. The van der Waals surface area contributed by atoms with Crippen LogP contribution in [-0.4, -0.2) is 22.6 Å². The number of hydrogen-bond donors (Lipinski definition) is 2. The highest BCUT2D eigenvalue weighted by atomic mass is 32.2. The van der Waals surface area contributed by atoms with E-state index in [4.69, 9.17) is 15.2 Å². The van der Waals surface area contributed by atoms with Crippen LogP contribution in [0.3, 0.4) is 0 Å². The number of aryl methyl sites for hydroxylation is 1. The lowest BCUT2D eigenvalue weighted by atomic mass is 10.2. The van der Waals surface area contributed by atoms with E-state index in [1.807, 2.05) is 0 Å². The molecule has 0 heterocycles. The van der Waals surface area contributed by atoms with Crippen LogP contribution >= 0.6 is 0 Å². The van der Waals surface area contributed by atoms with Crippen molar-refractivity contribution in [3.63, 3.8) is 0 Å². The van der Waals surface area contributed by atoms with Crippen LogP contribution in [0, 0.1) is 6.92 Å². The molecule has 2 aromatic carbocycles. The van der Waals surface area contributed by atoms with Crippen molar-refractivity contribution < 1.29 is 17.9 Å². The molecule has 0 amide bonds. The van der Waals surface area contributed by atoms with Gasteiger partial charge in [-0.2, -0.15) is 0 Å². The number of rotatable bonds is 5. The molecular formula is C15H18N2O4S. The molecule has 2 aromatic rings. The summed E-state index contributed by atoms with van der Waals surface area (Å²) < 4.78 is 37.7. The molecule has 0 unspecified atom stereocenters. The minimum absolute atomic E-state index is 0.0846. The second-order valence-corrected chi connectivity index (χ2v) is 6.38. The number of nitrogens with one attached hydrogen (secondary N) is 1. The van der Waals surface area contributed by atoms with Crippen molar-refractivity contribution in [2.24, 2.45) is 0 Å².